The van der Waals surface area contributed by atoms with Crippen molar-refractivity contribution < 1.29 is 28.4 Å². The van der Waals surface area contributed by atoms with Gasteiger partial charge >= 0.3 is 0 Å². The molecule has 8 nitrogen and oxygen atoms in total. The van der Waals surface area contributed by atoms with Crippen molar-refractivity contribution in [2.45, 2.75) is 86.1 Å². The molecule has 11 rings (SSSR count). The van der Waals surface area contributed by atoms with Crippen LogP contribution in [-0.2, 0) is 44.6 Å². The smallest absolute Gasteiger partial charge is 0.161 e. The molecule has 2 aliphatic carbocycles. The molecule has 7 aliphatic rings. The molecular formula is C46H50N2O6. The second-order valence-corrected chi connectivity index (χ2v) is 16.6. The third-order valence-corrected chi connectivity index (χ3v) is 15.1. The van der Waals surface area contributed by atoms with Gasteiger partial charge in [-0.05, 0) is 96.2 Å². The molecule has 5 fully saturated rings. The highest BCUT2D eigenvalue weighted by atomic mass is 16.6. The highest BCUT2D eigenvalue weighted by Crippen LogP contribution is 2.75. The number of hydrogen-bond donors (Lipinski definition) is 0. The SMILES string of the molecule is COc1cc2c(cc1OC)[C@@]13CCC[C@@H]1[C@@]1(c4ccccc4)O[C@H]4N5CCc6cc(OC)c(OC)cc6[C@]56CCC[C@@H]6[C@@]4(c4ccccc4)O[C@H]1N3CC2. The largest absolute Gasteiger partial charge is 0.493 e. The van der Waals surface area contributed by atoms with Crippen LogP contribution in [0.3, 0.4) is 0 Å². The molecule has 8 heteroatoms. The Morgan fingerprint density at radius 2 is 0.926 bits per heavy atom. The zero-order chi connectivity index (χ0) is 36.5. The number of methoxy groups -OCH3 is 4. The van der Waals surface area contributed by atoms with Crippen LogP contribution in [0.15, 0.2) is 84.9 Å². The summed E-state index contributed by atoms with van der Waals surface area (Å²) >= 11 is 0. The summed E-state index contributed by atoms with van der Waals surface area (Å²) in [4.78, 5) is 5.52. The fourth-order valence-corrected chi connectivity index (χ4v) is 13.3. The standard InChI is InChI=1S/C46H50N2O6/c1-49-35-25-29-19-23-47-41-45(31-13-7-5-8-14-31,39-17-11-21-43(39,47)33(29)27-37(35)51-3)54-42-46(53-41,32-15-9-6-10-16-32)40-18-12-22-44(40)34-28-38(52-4)36(50-2)26-30(34)20-24-48(42)44/h5-10,13-16,25-28,39-42H,11-12,17-24H2,1-4H3/t39-,40-,41+,42+,43-,44-,45+,46+/m0/s1. The topological polar surface area (TPSA) is 61.9 Å². The molecule has 3 saturated heterocycles. The quantitative estimate of drug-likeness (QED) is 0.201. The predicted octanol–water partition coefficient (Wildman–Crippen LogP) is 7.65. The summed E-state index contributed by atoms with van der Waals surface area (Å²) < 4.78 is 40.4. The first-order valence-corrected chi connectivity index (χ1v) is 20.0. The number of ether oxygens (including phenoxy) is 6. The summed E-state index contributed by atoms with van der Waals surface area (Å²) in [5, 5.41) is 0. The van der Waals surface area contributed by atoms with Crippen molar-refractivity contribution in [3.8, 4) is 23.0 Å². The number of benzene rings is 4. The van der Waals surface area contributed by atoms with Crippen molar-refractivity contribution in [1.29, 1.82) is 0 Å². The van der Waals surface area contributed by atoms with Gasteiger partial charge in [0.25, 0.3) is 0 Å². The van der Waals surface area contributed by atoms with Gasteiger partial charge in [0.05, 0.1) is 39.5 Å². The van der Waals surface area contributed by atoms with E-state index in [1.807, 2.05) is 0 Å². The second-order valence-electron chi connectivity index (χ2n) is 16.6. The van der Waals surface area contributed by atoms with Crippen LogP contribution in [0.25, 0.3) is 0 Å². The van der Waals surface area contributed by atoms with E-state index in [1.54, 1.807) is 28.4 Å². The molecule has 0 amide bonds. The van der Waals surface area contributed by atoms with Crippen molar-refractivity contribution in [2.75, 3.05) is 41.5 Å². The van der Waals surface area contributed by atoms with E-state index >= 15 is 0 Å². The summed E-state index contributed by atoms with van der Waals surface area (Å²) in [5.41, 5.74) is 5.90. The normalized spacial score (nSPS) is 35.8. The first kappa shape index (κ1) is 33.3. The maximum absolute atomic E-state index is 8.35. The Morgan fingerprint density at radius 1 is 0.537 bits per heavy atom. The van der Waals surface area contributed by atoms with Crippen LogP contribution in [0.2, 0.25) is 0 Å². The van der Waals surface area contributed by atoms with Gasteiger partial charge < -0.3 is 28.4 Å². The van der Waals surface area contributed by atoms with Crippen molar-refractivity contribution in [2.24, 2.45) is 11.8 Å². The maximum atomic E-state index is 8.35. The summed E-state index contributed by atoms with van der Waals surface area (Å²) in [6, 6.07) is 31.3. The second kappa shape index (κ2) is 11.7. The zero-order valence-corrected chi connectivity index (χ0v) is 31.8. The lowest BCUT2D eigenvalue weighted by atomic mass is 9.68. The van der Waals surface area contributed by atoms with E-state index in [-0.39, 0.29) is 35.4 Å². The molecule has 2 spiro atoms. The Kier molecular flexibility index (Phi) is 7.22. The van der Waals surface area contributed by atoms with Gasteiger partial charge in [0, 0.05) is 24.9 Å². The first-order chi connectivity index (χ1) is 26.5. The number of rotatable bonds is 6. The molecule has 8 atom stereocenters. The number of fused-ring (bicyclic) bond motifs is 8. The summed E-state index contributed by atoms with van der Waals surface area (Å²) in [6.07, 6.45) is 7.67. The van der Waals surface area contributed by atoms with E-state index in [0.29, 0.717) is 0 Å². The minimum atomic E-state index is -0.701. The van der Waals surface area contributed by atoms with Gasteiger partial charge in [-0.15, -0.1) is 0 Å². The van der Waals surface area contributed by atoms with Crippen molar-refractivity contribution in [3.63, 3.8) is 0 Å². The van der Waals surface area contributed by atoms with E-state index in [4.69, 9.17) is 28.4 Å². The zero-order valence-electron chi connectivity index (χ0n) is 31.8. The van der Waals surface area contributed by atoms with Crippen LogP contribution in [-0.4, -0.2) is 63.8 Å². The van der Waals surface area contributed by atoms with Gasteiger partial charge in [-0.3, -0.25) is 9.80 Å². The van der Waals surface area contributed by atoms with E-state index in [1.165, 1.54) is 33.4 Å². The Labute approximate surface area is 318 Å². The molecule has 0 N–H and O–H groups in total. The fraction of sp³-hybridized carbons (Fsp3) is 0.478. The Balaban J connectivity index is 1.17. The number of nitrogens with zero attached hydrogens (tertiary/aromatic N) is 2. The lowest BCUT2D eigenvalue weighted by molar-refractivity contribution is -0.363. The van der Waals surface area contributed by atoms with Crippen LogP contribution in [0, 0.1) is 11.8 Å². The molecule has 5 aliphatic heterocycles. The van der Waals surface area contributed by atoms with Gasteiger partial charge in [0.2, 0.25) is 0 Å². The molecule has 280 valence electrons. The maximum Gasteiger partial charge on any atom is 0.161 e. The van der Waals surface area contributed by atoms with Gasteiger partial charge in [-0.1, -0.05) is 73.5 Å². The minimum absolute atomic E-state index is 0.168. The van der Waals surface area contributed by atoms with Crippen molar-refractivity contribution in [3.05, 3.63) is 118 Å². The van der Waals surface area contributed by atoms with Crippen LogP contribution in [0.4, 0.5) is 0 Å². The summed E-state index contributed by atoms with van der Waals surface area (Å²) in [7, 11) is 6.98. The van der Waals surface area contributed by atoms with E-state index in [9.17, 15) is 0 Å². The van der Waals surface area contributed by atoms with Crippen LogP contribution in [0.1, 0.15) is 71.9 Å². The van der Waals surface area contributed by atoms with E-state index in [2.05, 4.69) is 94.7 Å². The Morgan fingerprint density at radius 3 is 1.31 bits per heavy atom. The number of hydrogen-bond acceptors (Lipinski definition) is 8. The van der Waals surface area contributed by atoms with Crippen molar-refractivity contribution in [1.82, 2.24) is 9.80 Å². The molecule has 4 aromatic carbocycles. The average molecular weight is 727 g/mol. The molecule has 0 aromatic heterocycles. The highest BCUT2D eigenvalue weighted by molar-refractivity contribution is 5.56. The Bertz CT molecular complexity index is 1980. The highest BCUT2D eigenvalue weighted by Gasteiger charge is 2.81. The van der Waals surface area contributed by atoms with Crippen LogP contribution < -0.4 is 18.9 Å². The predicted molar refractivity (Wildman–Crippen MR) is 204 cm³/mol. The molecular weight excluding hydrogens is 677 g/mol. The monoisotopic (exact) mass is 726 g/mol. The summed E-state index contributed by atoms with van der Waals surface area (Å²) in [5.74, 6) is 3.51. The van der Waals surface area contributed by atoms with Gasteiger partial charge in [0.15, 0.2) is 23.0 Å². The lowest BCUT2D eigenvalue weighted by Gasteiger charge is -2.56. The first-order valence-electron chi connectivity index (χ1n) is 20.0. The molecule has 54 heavy (non-hydrogen) atoms. The van der Waals surface area contributed by atoms with Crippen LogP contribution in [0.5, 0.6) is 23.0 Å². The van der Waals surface area contributed by atoms with E-state index < -0.39 is 11.2 Å². The van der Waals surface area contributed by atoms with Crippen molar-refractivity contribution >= 4 is 0 Å². The van der Waals surface area contributed by atoms with Gasteiger partial charge in [-0.25, -0.2) is 0 Å². The Hall–Kier alpha value is -4.08. The molecule has 2 saturated carbocycles. The minimum Gasteiger partial charge on any atom is -0.493 e. The van der Waals surface area contributed by atoms with Crippen LogP contribution >= 0.6 is 0 Å². The molecule has 5 heterocycles. The average Bonchev–Trinajstić information content (AvgIpc) is 3.97. The summed E-state index contributed by atoms with van der Waals surface area (Å²) in [6.45, 7) is 1.77. The third kappa shape index (κ3) is 3.83. The third-order valence-electron chi connectivity index (χ3n) is 15.1. The molecule has 0 bridgehead atoms. The molecule has 4 aromatic rings. The van der Waals surface area contributed by atoms with Gasteiger partial charge in [-0.2, -0.15) is 0 Å². The van der Waals surface area contributed by atoms with Gasteiger partial charge in [0.1, 0.15) is 23.7 Å². The fourth-order valence-electron chi connectivity index (χ4n) is 13.3. The lowest BCUT2D eigenvalue weighted by Crippen LogP contribution is -2.65. The molecule has 0 radical (unpaired) electrons. The van der Waals surface area contributed by atoms with E-state index in [0.717, 1.165) is 87.5 Å². The molecule has 0 unspecified atom stereocenters.